The van der Waals surface area contributed by atoms with Gasteiger partial charge < -0.3 is 15.5 Å². The number of hydrogen-bond donors (Lipinski definition) is 2. The molecule has 1 aromatic carbocycles. The monoisotopic (exact) mass is 436 g/mol. The Labute approximate surface area is 157 Å². The largest absolute Gasteiger partial charge is 0.356 e. The van der Waals surface area contributed by atoms with Gasteiger partial charge in [0.1, 0.15) is 5.82 Å². The molecule has 0 aliphatic rings. The molecule has 0 bridgehead atoms. The van der Waals surface area contributed by atoms with Crippen LogP contribution in [0.15, 0.2) is 23.2 Å². The number of nitrogens with one attached hydrogen (secondary N) is 2. The Morgan fingerprint density at radius 1 is 1.26 bits per heavy atom. The number of rotatable bonds is 7. The number of benzene rings is 1. The van der Waals surface area contributed by atoms with E-state index in [1.807, 2.05) is 31.1 Å². The minimum absolute atomic E-state index is 0. The number of nitrogens with zero attached hydrogens (tertiary/aromatic N) is 2. The molecule has 0 radical (unpaired) electrons. The standard InChI is InChI=1S/C17H29FN4.HI/c1-13(2)8-9-20-17(19-3)21-11-14-6-7-16(18)15(10-14)12-22(4)5;/h6-7,10,13H,8-9,11-12H2,1-5H3,(H2,19,20,21);1H. The first-order valence-electron chi connectivity index (χ1n) is 7.79. The number of guanidine groups is 1. The maximum Gasteiger partial charge on any atom is 0.191 e. The van der Waals surface area contributed by atoms with Crippen LogP contribution in [0.3, 0.4) is 0 Å². The minimum Gasteiger partial charge on any atom is -0.356 e. The normalized spacial score (nSPS) is 11.6. The van der Waals surface area contributed by atoms with Crippen molar-refractivity contribution in [1.29, 1.82) is 0 Å². The lowest BCUT2D eigenvalue weighted by Gasteiger charge is -2.15. The summed E-state index contributed by atoms with van der Waals surface area (Å²) in [6.07, 6.45) is 1.10. The number of aliphatic imine (C=N–C) groups is 1. The number of halogens is 2. The molecule has 1 aromatic rings. The Morgan fingerprint density at radius 3 is 2.52 bits per heavy atom. The van der Waals surface area contributed by atoms with Gasteiger partial charge in [-0.25, -0.2) is 4.39 Å². The smallest absolute Gasteiger partial charge is 0.191 e. The van der Waals surface area contributed by atoms with Crippen LogP contribution >= 0.6 is 24.0 Å². The molecule has 23 heavy (non-hydrogen) atoms. The van der Waals surface area contributed by atoms with Gasteiger partial charge in [-0.2, -0.15) is 0 Å². The second-order valence-corrected chi connectivity index (χ2v) is 6.20. The van der Waals surface area contributed by atoms with Crippen LogP contribution in [0.4, 0.5) is 4.39 Å². The summed E-state index contributed by atoms with van der Waals surface area (Å²) in [4.78, 5) is 6.16. The third kappa shape index (κ3) is 9.10. The molecule has 0 fully saturated rings. The van der Waals surface area contributed by atoms with Crippen molar-refractivity contribution in [3.05, 3.63) is 35.1 Å². The molecule has 0 saturated carbocycles. The quantitative estimate of drug-likeness (QED) is 0.392. The highest BCUT2D eigenvalue weighted by atomic mass is 127. The highest BCUT2D eigenvalue weighted by molar-refractivity contribution is 14.0. The molecule has 1 rings (SSSR count). The molecule has 0 atom stereocenters. The predicted molar refractivity (Wildman–Crippen MR) is 107 cm³/mol. The average Bonchev–Trinajstić information content (AvgIpc) is 2.44. The second-order valence-electron chi connectivity index (χ2n) is 6.20. The van der Waals surface area contributed by atoms with Crippen LogP contribution in [0.5, 0.6) is 0 Å². The first-order chi connectivity index (χ1) is 10.4. The van der Waals surface area contributed by atoms with Gasteiger partial charge in [0.15, 0.2) is 5.96 Å². The molecule has 132 valence electrons. The molecule has 0 aliphatic heterocycles. The minimum atomic E-state index is -0.156. The molecule has 0 aliphatic carbocycles. The van der Waals surface area contributed by atoms with Crippen LogP contribution in [0.1, 0.15) is 31.4 Å². The van der Waals surface area contributed by atoms with Gasteiger partial charge in [0.2, 0.25) is 0 Å². The second kappa shape index (κ2) is 11.6. The zero-order valence-electron chi connectivity index (χ0n) is 14.8. The summed E-state index contributed by atoms with van der Waals surface area (Å²) in [7, 11) is 5.63. The van der Waals surface area contributed by atoms with Crippen LogP contribution in [-0.4, -0.2) is 38.5 Å². The Hall–Kier alpha value is -0.890. The zero-order valence-corrected chi connectivity index (χ0v) is 17.1. The van der Waals surface area contributed by atoms with Crippen LogP contribution in [0.2, 0.25) is 0 Å². The van der Waals surface area contributed by atoms with Crippen molar-refractivity contribution in [2.45, 2.75) is 33.4 Å². The van der Waals surface area contributed by atoms with Gasteiger partial charge in [0, 0.05) is 32.2 Å². The summed E-state index contributed by atoms with van der Waals surface area (Å²) >= 11 is 0. The van der Waals surface area contributed by atoms with E-state index in [0.29, 0.717) is 24.6 Å². The van der Waals surface area contributed by atoms with E-state index in [4.69, 9.17) is 0 Å². The highest BCUT2D eigenvalue weighted by Gasteiger charge is 2.06. The van der Waals surface area contributed by atoms with Crippen LogP contribution in [-0.2, 0) is 13.1 Å². The van der Waals surface area contributed by atoms with Gasteiger partial charge >= 0.3 is 0 Å². The molecule has 0 aromatic heterocycles. The van der Waals surface area contributed by atoms with E-state index in [1.54, 1.807) is 7.05 Å². The molecular weight excluding hydrogens is 406 g/mol. The molecule has 6 heteroatoms. The third-order valence-corrected chi connectivity index (χ3v) is 3.29. The van der Waals surface area contributed by atoms with E-state index in [9.17, 15) is 4.39 Å². The van der Waals surface area contributed by atoms with E-state index in [-0.39, 0.29) is 29.8 Å². The average molecular weight is 436 g/mol. The first kappa shape index (κ1) is 22.1. The lowest BCUT2D eigenvalue weighted by molar-refractivity contribution is 0.392. The maximum absolute atomic E-state index is 13.8. The van der Waals surface area contributed by atoms with Crippen molar-refractivity contribution in [1.82, 2.24) is 15.5 Å². The van der Waals surface area contributed by atoms with Crippen LogP contribution < -0.4 is 10.6 Å². The van der Waals surface area contributed by atoms with Gasteiger partial charge in [0.25, 0.3) is 0 Å². The van der Waals surface area contributed by atoms with Crippen LogP contribution in [0, 0.1) is 11.7 Å². The Kier molecular flexibility index (Phi) is 11.2. The van der Waals surface area contributed by atoms with Crippen molar-refractivity contribution >= 4 is 29.9 Å². The molecule has 0 amide bonds. The molecule has 0 spiro atoms. The SMILES string of the molecule is CN=C(NCCC(C)C)NCc1ccc(F)c(CN(C)C)c1.I. The fraction of sp³-hybridized carbons (Fsp3) is 0.588. The summed E-state index contributed by atoms with van der Waals surface area (Å²) in [5.74, 6) is 1.28. The number of hydrogen-bond acceptors (Lipinski definition) is 2. The van der Waals surface area contributed by atoms with Crippen molar-refractivity contribution < 1.29 is 4.39 Å². The topological polar surface area (TPSA) is 39.7 Å². The summed E-state index contributed by atoms with van der Waals surface area (Å²) in [6.45, 7) is 6.51. The van der Waals surface area contributed by atoms with Crippen molar-refractivity contribution in [3.63, 3.8) is 0 Å². The maximum atomic E-state index is 13.8. The van der Waals surface area contributed by atoms with Gasteiger partial charge in [-0.05, 0) is 44.1 Å². The Balaban J connectivity index is 0.00000484. The Morgan fingerprint density at radius 2 is 1.96 bits per heavy atom. The van der Waals surface area contributed by atoms with E-state index in [2.05, 4.69) is 29.5 Å². The predicted octanol–water partition coefficient (Wildman–Crippen LogP) is 3.22. The molecule has 4 nitrogen and oxygen atoms in total. The van der Waals surface area contributed by atoms with Gasteiger partial charge in [-0.1, -0.05) is 19.9 Å². The molecular formula is C17H30FIN4. The summed E-state index contributed by atoms with van der Waals surface area (Å²) < 4.78 is 13.8. The van der Waals surface area contributed by atoms with E-state index >= 15 is 0 Å². The summed E-state index contributed by atoms with van der Waals surface area (Å²) in [6, 6.07) is 5.25. The Bertz CT molecular complexity index is 489. The fourth-order valence-electron chi connectivity index (χ4n) is 2.09. The van der Waals surface area contributed by atoms with Crippen LogP contribution in [0.25, 0.3) is 0 Å². The van der Waals surface area contributed by atoms with E-state index in [1.165, 1.54) is 6.07 Å². The van der Waals surface area contributed by atoms with E-state index in [0.717, 1.165) is 24.5 Å². The first-order valence-corrected chi connectivity index (χ1v) is 7.79. The molecule has 0 unspecified atom stereocenters. The molecule has 0 saturated heterocycles. The van der Waals surface area contributed by atoms with E-state index < -0.39 is 0 Å². The molecule has 2 N–H and O–H groups in total. The van der Waals surface area contributed by atoms with Crippen molar-refractivity contribution in [2.75, 3.05) is 27.7 Å². The fourth-order valence-corrected chi connectivity index (χ4v) is 2.09. The van der Waals surface area contributed by atoms with Gasteiger partial charge in [-0.3, -0.25) is 4.99 Å². The lowest BCUT2D eigenvalue weighted by atomic mass is 10.1. The third-order valence-electron chi connectivity index (χ3n) is 3.29. The van der Waals surface area contributed by atoms with Gasteiger partial charge in [-0.15, -0.1) is 24.0 Å². The lowest BCUT2D eigenvalue weighted by Crippen LogP contribution is -2.37. The van der Waals surface area contributed by atoms with Crippen molar-refractivity contribution in [3.8, 4) is 0 Å². The summed E-state index contributed by atoms with van der Waals surface area (Å²) in [5.41, 5.74) is 1.76. The zero-order chi connectivity index (χ0) is 16.5. The summed E-state index contributed by atoms with van der Waals surface area (Å²) in [5, 5.41) is 6.55. The molecule has 0 heterocycles. The highest BCUT2D eigenvalue weighted by Crippen LogP contribution is 2.12. The van der Waals surface area contributed by atoms with Crippen molar-refractivity contribution in [2.24, 2.45) is 10.9 Å². The van der Waals surface area contributed by atoms with Gasteiger partial charge in [0.05, 0.1) is 0 Å².